The monoisotopic (exact) mass is 486 g/mol. The highest BCUT2D eigenvalue weighted by Crippen LogP contribution is 2.32. The van der Waals surface area contributed by atoms with E-state index in [-0.39, 0.29) is 37.0 Å². The molecule has 0 saturated heterocycles. The molecule has 0 saturated carbocycles. The molecule has 0 spiro atoms. The Kier molecular flexibility index (Phi) is 6.33. The van der Waals surface area contributed by atoms with Gasteiger partial charge in [0.25, 0.3) is 11.2 Å². The molecule has 3 aromatic rings. The molecule has 4 rings (SSSR count). The van der Waals surface area contributed by atoms with E-state index in [1.54, 1.807) is 6.08 Å². The van der Waals surface area contributed by atoms with Crippen molar-refractivity contribution in [3.05, 3.63) is 75.3 Å². The lowest BCUT2D eigenvalue weighted by atomic mass is 9.91. The standard InChI is InChI=1S/C23H22N2O6S2/c1-23(2,3)19(26)9-20-24(22(27)18(33-20)6-14-4-5-32-12-14)10-15-7-17(25(28)29)8-16-11-30-13-31-21(15)16/h4-9,12H,10-11,13H2,1-3H3. The van der Waals surface area contributed by atoms with Crippen molar-refractivity contribution in [2.45, 2.75) is 33.9 Å². The lowest BCUT2D eigenvalue weighted by Crippen LogP contribution is -2.33. The van der Waals surface area contributed by atoms with E-state index in [4.69, 9.17) is 9.47 Å². The van der Waals surface area contributed by atoms with Crippen LogP contribution in [-0.2, 0) is 22.7 Å². The van der Waals surface area contributed by atoms with Crippen LogP contribution in [0.4, 0.5) is 5.69 Å². The SMILES string of the molecule is CC(C)(C)C(=O)C=c1sc(=Cc2ccsc2)c(=O)n1Cc1cc([N+](=O)[O-])cc2c1OCOC2. The highest BCUT2D eigenvalue weighted by Gasteiger charge is 2.23. The molecule has 2 aromatic heterocycles. The lowest BCUT2D eigenvalue weighted by molar-refractivity contribution is -0.385. The van der Waals surface area contributed by atoms with Gasteiger partial charge in [-0.05, 0) is 28.5 Å². The normalized spacial score (nSPS) is 14.8. The Morgan fingerprint density at radius 2 is 2.12 bits per heavy atom. The van der Waals surface area contributed by atoms with Crippen LogP contribution < -0.4 is 19.5 Å². The second kappa shape index (κ2) is 9.05. The Bertz CT molecular complexity index is 1390. The highest BCUT2D eigenvalue weighted by atomic mass is 32.1. The average Bonchev–Trinajstić information content (AvgIpc) is 3.37. The molecule has 1 aromatic carbocycles. The molecule has 8 nitrogen and oxygen atoms in total. The molecule has 0 N–H and O–H groups in total. The van der Waals surface area contributed by atoms with Gasteiger partial charge in [0.15, 0.2) is 12.6 Å². The van der Waals surface area contributed by atoms with E-state index < -0.39 is 10.3 Å². The fraction of sp³-hybridized carbons (Fsp3) is 0.304. The molecule has 3 heterocycles. The number of nitro groups is 1. The first-order valence-corrected chi connectivity index (χ1v) is 11.9. The number of rotatable bonds is 5. The summed E-state index contributed by atoms with van der Waals surface area (Å²) in [6.07, 6.45) is 3.26. The van der Waals surface area contributed by atoms with Crippen molar-refractivity contribution in [3.63, 3.8) is 0 Å². The largest absolute Gasteiger partial charge is 0.467 e. The molecule has 0 radical (unpaired) electrons. The third-order valence-corrected chi connectivity index (χ3v) is 6.84. The minimum absolute atomic E-state index is 0.0228. The van der Waals surface area contributed by atoms with E-state index in [9.17, 15) is 19.7 Å². The summed E-state index contributed by atoms with van der Waals surface area (Å²) in [4.78, 5) is 37.1. The van der Waals surface area contributed by atoms with Crippen LogP contribution in [0.2, 0.25) is 0 Å². The molecule has 0 unspecified atom stereocenters. The van der Waals surface area contributed by atoms with Crippen LogP contribution in [0.15, 0.2) is 33.8 Å². The third kappa shape index (κ3) is 4.97. The molecule has 33 heavy (non-hydrogen) atoms. The van der Waals surface area contributed by atoms with Crippen LogP contribution >= 0.6 is 22.7 Å². The molecule has 10 heteroatoms. The smallest absolute Gasteiger partial charge is 0.270 e. The topological polar surface area (TPSA) is 101 Å². The van der Waals surface area contributed by atoms with Gasteiger partial charge in [-0.25, -0.2) is 0 Å². The van der Waals surface area contributed by atoms with Gasteiger partial charge in [-0.1, -0.05) is 20.8 Å². The number of nitrogens with zero attached hydrogens (tertiary/aromatic N) is 2. The van der Waals surface area contributed by atoms with E-state index >= 15 is 0 Å². The minimum Gasteiger partial charge on any atom is -0.467 e. The number of thiophene rings is 1. The van der Waals surface area contributed by atoms with Gasteiger partial charge < -0.3 is 9.47 Å². The van der Waals surface area contributed by atoms with Crippen molar-refractivity contribution in [1.82, 2.24) is 4.57 Å². The number of nitro benzene ring substituents is 1. The van der Waals surface area contributed by atoms with Crippen molar-refractivity contribution in [2.75, 3.05) is 6.79 Å². The fourth-order valence-electron chi connectivity index (χ4n) is 3.30. The first-order valence-electron chi connectivity index (χ1n) is 10.1. The molecule has 172 valence electrons. The second-order valence-electron chi connectivity index (χ2n) is 8.62. The van der Waals surface area contributed by atoms with Crippen LogP contribution in [0, 0.1) is 15.5 Å². The lowest BCUT2D eigenvalue weighted by Gasteiger charge is -2.20. The number of benzene rings is 1. The van der Waals surface area contributed by atoms with E-state index in [1.807, 2.05) is 37.6 Å². The summed E-state index contributed by atoms with van der Waals surface area (Å²) in [6, 6.07) is 4.73. The van der Waals surface area contributed by atoms with Crippen molar-refractivity contribution in [3.8, 4) is 5.75 Å². The minimum atomic E-state index is -0.618. The van der Waals surface area contributed by atoms with Crippen LogP contribution in [0.1, 0.15) is 37.5 Å². The summed E-state index contributed by atoms with van der Waals surface area (Å²) in [7, 11) is 0. The quantitative estimate of drug-likeness (QED) is 0.406. The van der Waals surface area contributed by atoms with Gasteiger partial charge in [0.05, 0.1) is 22.6 Å². The van der Waals surface area contributed by atoms with Gasteiger partial charge in [-0.15, -0.1) is 11.3 Å². The van der Waals surface area contributed by atoms with E-state index in [2.05, 4.69) is 0 Å². The summed E-state index contributed by atoms with van der Waals surface area (Å²) in [5, 5.41) is 15.3. The number of ketones is 1. The van der Waals surface area contributed by atoms with Gasteiger partial charge in [0.1, 0.15) is 10.4 Å². The number of hydrogen-bond acceptors (Lipinski definition) is 8. The number of ether oxygens (including phenoxy) is 2. The zero-order chi connectivity index (χ0) is 23.8. The molecule has 0 fully saturated rings. The summed E-state index contributed by atoms with van der Waals surface area (Å²) >= 11 is 2.74. The number of fused-ring (bicyclic) bond motifs is 1. The summed E-state index contributed by atoms with van der Waals surface area (Å²) in [6.45, 7) is 5.66. The maximum Gasteiger partial charge on any atom is 0.270 e. The number of carbonyl (C=O) groups is 1. The molecular weight excluding hydrogens is 464 g/mol. The number of aromatic nitrogens is 1. The summed E-state index contributed by atoms with van der Waals surface area (Å²) < 4.78 is 13.3. The zero-order valence-electron chi connectivity index (χ0n) is 18.3. The van der Waals surface area contributed by atoms with Crippen molar-refractivity contribution < 1.29 is 19.2 Å². The Morgan fingerprint density at radius 3 is 2.79 bits per heavy atom. The first kappa shape index (κ1) is 23.1. The third-order valence-electron chi connectivity index (χ3n) is 5.08. The Balaban J connectivity index is 1.91. The van der Waals surface area contributed by atoms with Crippen LogP contribution in [0.5, 0.6) is 5.75 Å². The van der Waals surface area contributed by atoms with Gasteiger partial charge in [-0.2, -0.15) is 11.3 Å². The number of non-ortho nitro benzene ring substituents is 1. The second-order valence-corrected chi connectivity index (χ2v) is 10.5. The van der Waals surface area contributed by atoms with Gasteiger partial charge in [0.2, 0.25) is 0 Å². The van der Waals surface area contributed by atoms with Crippen molar-refractivity contribution >= 4 is 46.3 Å². The summed E-state index contributed by atoms with van der Waals surface area (Å²) in [5.74, 6) is 0.353. The first-order chi connectivity index (χ1) is 15.6. The average molecular weight is 487 g/mol. The zero-order valence-corrected chi connectivity index (χ0v) is 20.0. The maximum absolute atomic E-state index is 13.4. The predicted molar refractivity (Wildman–Crippen MR) is 127 cm³/mol. The van der Waals surface area contributed by atoms with Gasteiger partial charge in [-0.3, -0.25) is 24.3 Å². The van der Waals surface area contributed by atoms with Crippen LogP contribution in [0.25, 0.3) is 12.2 Å². The number of carbonyl (C=O) groups excluding carboxylic acids is 1. The van der Waals surface area contributed by atoms with E-state index in [1.165, 1.54) is 45.4 Å². The van der Waals surface area contributed by atoms with E-state index in [0.717, 1.165) is 5.56 Å². The predicted octanol–water partition coefficient (Wildman–Crippen LogP) is 3.02. The van der Waals surface area contributed by atoms with Crippen LogP contribution in [0.3, 0.4) is 0 Å². The maximum atomic E-state index is 13.4. The summed E-state index contributed by atoms with van der Waals surface area (Å²) in [5.41, 5.74) is 0.937. The number of hydrogen-bond donors (Lipinski definition) is 0. The Morgan fingerprint density at radius 1 is 1.33 bits per heavy atom. The molecule has 0 atom stereocenters. The molecule has 0 amide bonds. The molecular formula is C23H22N2O6S2. The van der Waals surface area contributed by atoms with Gasteiger partial charge in [0, 0.05) is 34.8 Å². The van der Waals surface area contributed by atoms with E-state index in [0.29, 0.717) is 26.1 Å². The highest BCUT2D eigenvalue weighted by molar-refractivity contribution is 7.08. The molecule has 0 bridgehead atoms. The van der Waals surface area contributed by atoms with Crippen molar-refractivity contribution in [2.24, 2.45) is 5.41 Å². The molecule has 1 aliphatic rings. The van der Waals surface area contributed by atoms with Crippen LogP contribution in [-0.4, -0.2) is 22.1 Å². The Labute approximate surface area is 197 Å². The molecule has 1 aliphatic heterocycles. The Hall–Kier alpha value is -3.08. The number of Topliss-reactive ketones (excluding diaryl/α,β-unsaturated/α-hetero) is 1. The fourth-order valence-corrected chi connectivity index (χ4v) is 4.96. The van der Waals surface area contributed by atoms with Crippen molar-refractivity contribution in [1.29, 1.82) is 0 Å². The number of thiazole rings is 1. The molecule has 0 aliphatic carbocycles. The van der Waals surface area contributed by atoms with Gasteiger partial charge >= 0.3 is 0 Å².